The summed E-state index contributed by atoms with van der Waals surface area (Å²) in [6, 6.07) is 0. The zero-order valence-electron chi connectivity index (χ0n) is 17.0. The molecule has 0 aliphatic heterocycles. The molecule has 0 aromatic heterocycles. The summed E-state index contributed by atoms with van der Waals surface area (Å²) < 4.78 is 24.6. The number of hydrogen-bond donors (Lipinski definition) is 1. The zero-order valence-corrected chi connectivity index (χ0v) is 26.6. The van der Waals surface area contributed by atoms with Gasteiger partial charge in [-0.3, -0.25) is 0 Å². The van der Waals surface area contributed by atoms with Gasteiger partial charge < -0.3 is 28.6 Å². The molecule has 0 unspecified atom stereocenters. The van der Waals surface area contributed by atoms with Crippen LogP contribution in [0.25, 0.3) is 0 Å². The minimum atomic E-state index is -0.530. The first-order valence-electron chi connectivity index (χ1n) is 9.48. The molecule has 32 heavy (non-hydrogen) atoms. The fourth-order valence-corrected chi connectivity index (χ4v) is 2.89. The van der Waals surface area contributed by atoms with Gasteiger partial charge in [0.05, 0.1) is 39.6 Å². The number of alkyl halides is 6. The molecule has 0 heterocycles. The van der Waals surface area contributed by atoms with E-state index in [9.17, 15) is 14.4 Å². The molecule has 0 saturated carbocycles. The lowest BCUT2D eigenvalue weighted by Crippen LogP contribution is -3.13. The molecule has 0 radical (unpaired) electrons. The van der Waals surface area contributed by atoms with Crippen molar-refractivity contribution in [2.75, 3.05) is 65.9 Å². The number of esters is 3. The molecule has 9 nitrogen and oxygen atoms in total. The lowest BCUT2D eigenvalue weighted by atomic mass is 10.4. The van der Waals surface area contributed by atoms with Crippen LogP contribution < -0.4 is 4.90 Å². The van der Waals surface area contributed by atoms with E-state index in [1.165, 1.54) is 4.90 Å². The summed E-state index contributed by atoms with van der Waals surface area (Å²) in [6.07, 6.45) is 0.679. The monoisotopic (exact) mass is 846 g/mol. The van der Waals surface area contributed by atoms with Crippen molar-refractivity contribution < 1.29 is 43.0 Å². The third kappa shape index (κ3) is 19.5. The van der Waals surface area contributed by atoms with Crippen LogP contribution in [0.4, 0.5) is 0 Å². The van der Waals surface area contributed by atoms with Crippen LogP contribution in [0.15, 0.2) is 0 Å². The smallest absolute Gasteiger partial charge is 0.330 e. The Labute approximate surface area is 238 Å². The van der Waals surface area contributed by atoms with Crippen molar-refractivity contribution in [2.24, 2.45) is 0 Å². The molecule has 0 saturated heterocycles. The summed E-state index contributed by atoms with van der Waals surface area (Å²) in [5.41, 5.74) is 0. The number of quaternary nitrogens is 1. The lowest BCUT2D eigenvalue weighted by Gasteiger charge is -2.20. The molecule has 0 atom stereocenters. The van der Waals surface area contributed by atoms with Crippen molar-refractivity contribution in [1.29, 1.82) is 0 Å². The minimum absolute atomic E-state index is 0.170. The average Bonchev–Trinajstić information content (AvgIpc) is 2.74. The summed E-state index contributed by atoms with van der Waals surface area (Å²) >= 11 is 18.4. The van der Waals surface area contributed by atoms with Crippen LogP contribution in [-0.2, 0) is 38.1 Å². The van der Waals surface area contributed by atoms with E-state index in [-0.39, 0.29) is 19.2 Å². The Bertz CT molecular complexity index is 509. The standard InChI is InChI=1S/C17H25Br6NO8/c18-12(19)15(25)30-5-1-2-24(3-6-28-8-10-31-16(26)13(20)21)4-7-29-9-11-32-17(27)14(22)23/h12-14H,1-11H2/p+1. The summed E-state index contributed by atoms with van der Waals surface area (Å²) in [4.78, 5) is 35.3. The van der Waals surface area contributed by atoms with Gasteiger partial charge in [-0.25, -0.2) is 14.4 Å². The number of hydrogen-bond acceptors (Lipinski definition) is 8. The highest BCUT2D eigenvalue weighted by molar-refractivity contribution is 9.25. The largest absolute Gasteiger partial charge is 0.464 e. The minimum Gasteiger partial charge on any atom is -0.464 e. The van der Waals surface area contributed by atoms with Crippen LogP contribution in [-0.4, -0.2) is 95.0 Å². The van der Waals surface area contributed by atoms with E-state index < -0.39 is 23.1 Å². The van der Waals surface area contributed by atoms with Crippen LogP contribution in [0.3, 0.4) is 0 Å². The summed E-state index contributed by atoms with van der Waals surface area (Å²) in [5, 5.41) is 0. The molecule has 188 valence electrons. The van der Waals surface area contributed by atoms with Gasteiger partial charge in [0.15, 0.2) is 11.2 Å². The fourth-order valence-electron chi connectivity index (χ4n) is 2.10. The predicted octanol–water partition coefficient (Wildman–Crippen LogP) is 2.27. The Kier molecular flexibility index (Phi) is 22.2. The van der Waals surface area contributed by atoms with Crippen LogP contribution in [0.1, 0.15) is 6.42 Å². The molecule has 0 aliphatic rings. The van der Waals surface area contributed by atoms with Gasteiger partial charge in [0.1, 0.15) is 26.3 Å². The molecule has 0 aliphatic carbocycles. The molecule has 0 rings (SSSR count). The maximum absolute atomic E-state index is 11.5. The number of carbonyl (C=O) groups is 3. The number of rotatable bonds is 19. The molecule has 0 spiro atoms. The van der Waals surface area contributed by atoms with E-state index in [1.807, 2.05) is 0 Å². The second-order valence-electron chi connectivity index (χ2n) is 5.98. The second-order valence-corrected chi connectivity index (χ2v) is 15.2. The topological polar surface area (TPSA) is 102 Å². The fraction of sp³-hybridized carbons (Fsp3) is 0.824. The molecular weight excluding hydrogens is 826 g/mol. The predicted molar refractivity (Wildman–Crippen MR) is 140 cm³/mol. The molecule has 0 aromatic carbocycles. The third-order valence-corrected chi connectivity index (χ3v) is 5.84. The van der Waals surface area contributed by atoms with Crippen molar-refractivity contribution in [3.8, 4) is 0 Å². The van der Waals surface area contributed by atoms with E-state index in [4.69, 9.17) is 23.7 Å². The van der Waals surface area contributed by atoms with Crippen molar-refractivity contribution in [1.82, 2.24) is 0 Å². The Balaban J connectivity index is 4.14. The van der Waals surface area contributed by atoms with Crippen LogP contribution in [0.2, 0.25) is 0 Å². The molecule has 1 N–H and O–H groups in total. The van der Waals surface area contributed by atoms with E-state index in [2.05, 4.69) is 95.6 Å². The van der Waals surface area contributed by atoms with Gasteiger partial charge in [-0.1, -0.05) is 95.6 Å². The lowest BCUT2D eigenvalue weighted by molar-refractivity contribution is -0.901. The quantitative estimate of drug-likeness (QED) is 0.0916. The maximum Gasteiger partial charge on any atom is 0.330 e. The highest BCUT2D eigenvalue weighted by Gasteiger charge is 2.15. The Hall–Kier alpha value is 1.17. The van der Waals surface area contributed by atoms with Gasteiger partial charge in [0, 0.05) is 6.42 Å². The summed E-state index contributed by atoms with van der Waals surface area (Å²) in [7, 11) is 0. The maximum atomic E-state index is 11.5. The normalized spacial score (nSPS) is 11.4. The van der Waals surface area contributed by atoms with Gasteiger partial charge in [0.2, 0.25) is 0 Å². The van der Waals surface area contributed by atoms with Gasteiger partial charge in [-0.15, -0.1) is 0 Å². The van der Waals surface area contributed by atoms with Gasteiger partial charge in [0.25, 0.3) is 0 Å². The number of ether oxygens (including phenoxy) is 5. The number of carbonyl (C=O) groups excluding carboxylic acids is 3. The molecule has 15 heteroatoms. The first kappa shape index (κ1) is 33.2. The van der Waals surface area contributed by atoms with Gasteiger partial charge in [-0.2, -0.15) is 0 Å². The summed E-state index contributed by atoms with van der Waals surface area (Å²) in [5.74, 6) is -1.18. The first-order valence-corrected chi connectivity index (χ1v) is 15.0. The van der Waals surface area contributed by atoms with Crippen molar-refractivity contribution >= 4 is 113 Å². The Morgan fingerprint density at radius 1 is 0.531 bits per heavy atom. The zero-order chi connectivity index (χ0) is 24.4. The van der Waals surface area contributed by atoms with Crippen LogP contribution in [0, 0.1) is 0 Å². The van der Waals surface area contributed by atoms with E-state index in [1.54, 1.807) is 0 Å². The molecular formula is C17H26Br6NO8+. The Morgan fingerprint density at radius 2 is 0.906 bits per heavy atom. The molecule has 0 amide bonds. The van der Waals surface area contributed by atoms with Crippen molar-refractivity contribution in [2.45, 2.75) is 17.6 Å². The summed E-state index contributed by atoms with van der Waals surface area (Å²) in [6.45, 7) is 4.34. The highest BCUT2D eigenvalue weighted by atomic mass is 79.9. The SMILES string of the molecule is O=C(OCCC[NH+](CCOCCOC(=O)C(Br)Br)CCOCCOC(=O)C(Br)Br)C(Br)Br. The Morgan fingerprint density at radius 3 is 1.28 bits per heavy atom. The van der Waals surface area contributed by atoms with E-state index in [0.29, 0.717) is 52.5 Å². The average molecular weight is 852 g/mol. The van der Waals surface area contributed by atoms with Crippen molar-refractivity contribution in [3.63, 3.8) is 0 Å². The number of halogens is 6. The molecule has 0 bridgehead atoms. The van der Waals surface area contributed by atoms with Gasteiger partial charge >= 0.3 is 17.9 Å². The van der Waals surface area contributed by atoms with Crippen LogP contribution >= 0.6 is 95.6 Å². The van der Waals surface area contributed by atoms with E-state index >= 15 is 0 Å². The van der Waals surface area contributed by atoms with Crippen LogP contribution in [0.5, 0.6) is 0 Å². The molecule has 0 fully saturated rings. The molecule has 0 aromatic rings. The first-order chi connectivity index (χ1) is 15.1. The van der Waals surface area contributed by atoms with Gasteiger partial charge in [-0.05, 0) is 0 Å². The van der Waals surface area contributed by atoms with Crippen molar-refractivity contribution in [3.05, 3.63) is 0 Å². The highest BCUT2D eigenvalue weighted by Crippen LogP contribution is 2.10. The second kappa shape index (κ2) is 21.5. The third-order valence-electron chi connectivity index (χ3n) is 3.60. The number of nitrogens with one attached hydrogen (secondary N) is 1. The van der Waals surface area contributed by atoms with E-state index in [0.717, 1.165) is 6.54 Å².